The molecule has 1 saturated heterocycles. The number of Topliss-reactive ketones (excluding diaryl/α,β-unsaturated/α-hetero) is 1. The SMILES string of the molecule is CC[C@H](C)[C@H](NC(=O)OC(C)(C)C)C(=O)[C@@H]1C(=O)NC(=O)[C@H]1C. The van der Waals surface area contributed by atoms with E-state index in [1.807, 2.05) is 6.92 Å². The summed E-state index contributed by atoms with van der Waals surface area (Å²) in [6, 6.07) is -0.876. The minimum atomic E-state index is -1.07. The van der Waals surface area contributed by atoms with Gasteiger partial charge in [-0.2, -0.15) is 0 Å². The number of carbonyl (C=O) groups is 4. The molecule has 0 aliphatic carbocycles. The van der Waals surface area contributed by atoms with Crippen LogP contribution in [0.3, 0.4) is 0 Å². The van der Waals surface area contributed by atoms with Gasteiger partial charge < -0.3 is 10.1 Å². The first kappa shape index (κ1) is 19.1. The maximum atomic E-state index is 12.7. The van der Waals surface area contributed by atoms with Crippen molar-refractivity contribution >= 4 is 23.7 Å². The second-order valence-corrected chi connectivity index (χ2v) is 7.03. The van der Waals surface area contributed by atoms with Gasteiger partial charge in [-0.3, -0.25) is 19.7 Å². The lowest BCUT2D eigenvalue weighted by molar-refractivity contribution is -0.135. The van der Waals surface area contributed by atoms with E-state index in [9.17, 15) is 19.2 Å². The van der Waals surface area contributed by atoms with Crippen molar-refractivity contribution in [3.05, 3.63) is 0 Å². The third-order valence-corrected chi connectivity index (χ3v) is 3.94. The Hall–Kier alpha value is -1.92. The van der Waals surface area contributed by atoms with Crippen molar-refractivity contribution < 1.29 is 23.9 Å². The minimum absolute atomic E-state index is 0.189. The van der Waals surface area contributed by atoms with Gasteiger partial charge in [0, 0.05) is 0 Å². The van der Waals surface area contributed by atoms with Crippen LogP contribution in [0, 0.1) is 17.8 Å². The Balaban J connectivity index is 2.94. The van der Waals surface area contributed by atoms with Crippen LogP contribution in [0.2, 0.25) is 0 Å². The number of rotatable bonds is 5. The predicted octanol–water partition coefficient (Wildman–Crippen LogP) is 1.40. The number of hydrogen-bond donors (Lipinski definition) is 2. The zero-order chi connectivity index (χ0) is 17.9. The number of carbonyl (C=O) groups excluding carboxylic acids is 4. The Morgan fingerprint density at radius 2 is 1.83 bits per heavy atom. The molecule has 0 aromatic carbocycles. The average molecular weight is 326 g/mol. The summed E-state index contributed by atoms with van der Waals surface area (Å²) in [6.45, 7) is 10.4. The summed E-state index contributed by atoms with van der Waals surface area (Å²) in [5.74, 6) is -3.52. The molecule has 1 heterocycles. The van der Waals surface area contributed by atoms with E-state index in [1.54, 1.807) is 27.7 Å². The molecule has 0 saturated carbocycles. The van der Waals surface area contributed by atoms with Crippen LogP contribution in [0.4, 0.5) is 4.79 Å². The third kappa shape index (κ3) is 4.77. The van der Waals surface area contributed by atoms with Gasteiger partial charge in [-0.25, -0.2) is 4.79 Å². The zero-order valence-corrected chi connectivity index (χ0v) is 14.6. The van der Waals surface area contributed by atoms with E-state index in [1.165, 1.54) is 6.92 Å². The minimum Gasteiger partial charge on any atom is -0.444 e. The van der Waals surface area contributed by atoms with Crippen LogP contribution < -0.4 is 10.6 Å². The molecule has 2 N–H and O–H groups in total. The molecule has 1 aliphatic rings. The van der Waals surface area contributed by atoms with Gasteiger partial charge in [0.05, 0.1) is 12.0 Å². The Labute approximate surface area is 136 Å². The zero-order valence-electron chi connectivity index (χ0n) is 14.6. The number of amides is 3. The average Bonchev–Trinajstić information content (AvgIpc) is 2.66. The first-order chi connectivity index (χ1) is 10.5. The molecule has 1 rings (SSSR count). The van der Waals surface area contributed by atoms with Gasteiger partial charge in [0.1, 0.15) is 11.5 Å². The number of ether oxygens (including phenoxy) is 1. The van der Waals surface area contributed by atoms with E-state index in [0.29, 0.717) is 6.42 Å². The summed E-state index contributed by atoms with van der Waals surface area (Å²) in [6.07, 6.45) is -0.0865. The van der Waals surface area contributed by atoms with Gasteiger partial charge in [-0.05, 0) is 26.7 Å². The molecule has 3 amide bonds. The lowest BCUT2D eigenvalue weighted by atomic mass is 9.83. The molecular weight excluding hydrogens is 300 g/mol. The van der Waals surface area contributed by atoms with Gasteiger partial charge in [-0.15, -0.1) is 0 Å². The fourth-order valence-corrected chi connectivity index (χ4v) is 2.42. The highest BCUT2D eigenvalue weighted by Gasteiger charge is 2.46. The van der Waals surface area contributed by atoms with Crippen LogP contribution in [0.5, 0.6) is 0 Å². The molecule has 0 bridgehead atoms. The Morgan fingerprint density at radius 3 is 2.22 bits per heavy atom. The van der Waals surface area contributed by atoms with Gasteiger partial charge in [0.2, 0.25) is 11.8 Å². The number of alkyl carbamates (subject to hydrolysis) is 1. The summed E-state index contributed by atoms with van der Waals surface area (Å²) >= 11 is 0. The van der Waals surface area contributed by atoms with E-state index in [2.05, 4.69) is 10.6 Å². The maximum absolute atomic E-state index is 12.7. The summed E-state index contributed by atoms with van der Waals surface area (Å²) in [5.41, 5.74) is -0.693. The highest BCUT2D eigenvalue weighted by Crippen LogP contribution is 2.24. The topological polar surface area (TPSA) is 102 Å². The van der Waals surface area contributed by atoms with Crippen LogP contribution in [0.1, 0.15) is 48.0 Å². The highest BCUT2D eigenvalue weighted by atomic mass is 16.6. The smallest absolute Gasteiger partial charge is 0.408 e. The van der Waals surface area contributed by atoms with Crippen molar-refractivity contribution in [2.24, 2.45) is 17.8 Å². The standard InChI is InChI=1S/C16H26N2O5/c1-7-8(2)11(17-15(22)23-16(4,5)6)12(19)10-9(3)13(20)18-14(10)21/h8-11H,7H2,1-6H3,(H,17,22)(H,18,20,21)/t8-,9-,10+,11-/m0/s1. The van der Waals surface area contributed by atoms with Crippen LogP contribution in [0.15, 0.2) is 0 Å². The number of imide groups is 1. The molecule has 130 valence electrons. The maximum Gasteiger partial charge on any atom is 0.408 e. The van der Waals surface area contributed by atoms with Crippen molar-refractivity contribution in [2.45, 2.75) is 59.6 Å². The Bertz CT molecular complexity index is 509. The molecule has 1 fully saturated rings. The molecule has 0 aromatic heterocycles. The Morgan fingerprint density at radius 1 is 1.26 bits per heavy atom. The molecule has 4 atom stereocenters. The second-order valence-electron chi connectivity index (χ2n) is 7.03. The number of nitrogens with one attached hydrogen (secondary N) is 2. The third-order valence-electron chi connectivity index (χ3n) is 3.94. The van der Waals surface area contributed by atoms with E-state index >= 15 is 0 Å². The van der Waals surface area contributed by atoms with E-state index in [4.69, 9.17) is 4.74 Å². The van der Waals surface area contributed by atoms with E-state index in [0.717, 1.165) is 0 Å². The molecule has 0 unspecified atom stereocenters. The largest absolute Gasteiger partial charge is 0.444 e. The molecule has 0 spiro atoms. The van der Waals surface area contributed by atoms with Crippen LogP contribution in [0.25, 0.3) is 0 Å². The van der Waals surface area contributed by atoms with Gasteiger partial charge in [0.15, 0.2) is 5.78 Å². The highest BCUT2D eigenvalue weighted by molar-refractivity contribution is 6.16. The van der Waals surface area contributed by atoms with Crippen LogP contribution in [-0.2, 0) is 19.1 Å². The van der Waals surface area contributed by atoms with Crippen molar-refractivity contribution in [1.29, 1.82) is 0 Å². The molecule has 1 aliphatic heterocycles. The summed E-state index contributed by atoms with van der Waals surface area (Å²) in [4.78, 5) is 48.2. The van der Waals surface area contributed by atoms with Crippen molar-refractivity contribution in [2.75, 3.05) is 0 Å². The fraction of sp³-hybridized carbons (Fsp3) is 0.750. The first-order valence-electron chi connectivity index (χ1n) is 7.85. The summed E-state index contributed by atoms with van der Waals surface area (Å²) < 4.78 is 5.18. The molecule has 7 heteroatoms. The van der Waals surface area contributed by atoms with E-state index < -0.39 is 47.2 Å². The Kier molecular flexibility index (Phi) is 5.91. The number of ketones is 1. The second kappa shape index (κ2) is 7.10. The summed E-state index contributed by atoms with van der Waals surface area (Å²) in [5, 5.41) is 4.71. The van der Waals surface area contributed by atoms with Gasteiger partial charge >= 0.3 is 6.09 Å². The quantitative estimate of drug-likeness (QED) is 0.587. The number of hydrogen-bond acceptors (Lipinski definition) is 5. The summed E-state index contributed by atoms with van der Waals surface area (Å²) in [7, 11) is 0. The normalized spacial score (nSPS) is 23.9. The van der Waals surface area contributed by atoms with Crippen LogP contribution >= 0.6 is 0 Å². The van der Waals surface area contributed by atoms with Crippen molar-refractivity contribution in [3.63, 3.8) is 0 Å². The molecule has 7 nitrogen and oxygen atoms in total. The predicted molar refractivity (Wildman–Crippen MR) is 83.4 cm³/mol. The van der Waals surface area contributed by atoms with Gasteiger partial charge in [0.25, 0.3) is 0 Å². The molecular formula is C16H26N2O5. The molecule has 0 radical (unpaired) electrons. The molecule has 23 heavy (non-hydrogen) atoms. The monoisotopic (exact) mass is 326 g/mol. The molecule has 0 aromatic rings. The van der Waals surface area contributed by atoms with E-state index in [-0.39, 0.29) is 5.92 Å². The van der Waals surface area contributed by atoms with Crippen molar-refractivity contribution in [3.8, 4) is 0 Å². The van der Waals surface area contributed by atoms with Gasteiger partial charge in [-0.1, -0.05) is 27.2 Å². The fourth-order valence-electron chi connectivity index (χ4n) is 2.42. The van der Waals surface area contributed by atoms with Crippen LogP contribution in [-0.4, -0.2) is 35.3 Å². The lowest BCUT2D eigenvalue weighted by Gasteiger charge is -2.27. The first-order valence-corrected chi connectivity index (χ1v) is 7.85. The lowest BCUT2D eigenvalue weighted by Crippen LogP contribution is -2.50. The van der Waals surface area contributed by atoms with Crippen molar-refractivity contribution in [1.82, 2.24) is 10.6 Å².